The molecule has 0 aliphatic rings. The molecule has 0 aromatic heterocycles. The van der Waals surface area contributed by atoms with Gasteiger partial charge in [0.2, 0.25) is 5.91 Å². The normalized spacial score (nSPS) is 10.7. The lowest BCUT2D eigenvalue weighted by Crippen LogP contribution is -2.28. The van der Waals surface area contributed by atoms with Crippen molar-refractivity contribution < 1.29 is 9.53 Å². The number of nitrogens with one attached hydrogen (secondary N) is 2. The third kappa shape index (κ3) is 11.3. The van der Waals surface area contributed by atoms with Crippen LogP contribution in [0.5, 0.6) is 0 Å². The standard InChI is InChI=1S/C11H24N2O2/c1-10(2)12-7-5-4-6-8-13-11(14)9-15-3/h10,12H,4-9H2,1-3H3,(H,13,14). The highest BCUT2D eigenvalue weighted by molar-refractivity contribution is 5.77. The van der Waals surface area contributed by atoms with Crippen LogP contribution >= 0.6 is 0 Å². The molecule has 0 bridgehead atoms. The predicted octanol–water partition coefficient (Wildman–Crippen LogP) is 0.917. The number of carbonyl (C=O) groups excluding carboxylic acids is 1. The molecule has 15 heavy (non-hydrogen) atoms. The van der Waals surface area contributed by atoms with Gasteiger partial charge >= 0.3 is 0 Å². The minimum atomic E-state index is -0.0298. The van der Waals surface area contributed by atoms with E-state index in [1.807, 2.05) is 0 Å². The molecule has 0 radical (unpaired) electrons. The third-order valence-corrected chi connectivity index (χ3v) is 2.00. The number of ether oxygens (including phenoxy) is 1. The van der Waals surface area contributed by atoms with Crippen LogP contribution in [0.3, 0.4) is 0 Å². The molecule has 0 spiro atoms. The first-order chi connectivity index (χ1) is 7.16. The fraction of sp³-hybridized carbons (Fsp3) is 0.909. The second-order valence-corrected chi connectivity index (χ2v) is 3.95. The van der Waals surface area contributed by atoms with Crippen molar-refractivity contribution in [2.75, 3.05) is 26.8 Å². The van der Waals surface area contributed by atoms with Crippen molar-refractivity contribution >= 4 is 5.91 Å². The molecule has 0 saturated heterocycles. The van der Waals surface area contributed by atoms with Crippen LogP contribution in [0.25, 0.3) is 0 Å². The van der Waals surface area contributed by atoms with Crippen LogP contribution in [0, 0.1) is 0 Å². The average molecular weight is 216 g/mol. The molecule has 0 aromatic rings. The number of methoxy groups -OCH3 is 1. The molecule has 0 aromatic carbocycles. The Bertz CT molecular complexity index is 161. The second-order valence-electron chi connectivity index (χ2n) is 3.95. The van der Waals surface area contributed by atoms with E-state index >= 15 is 0 Å². The van der Waals surface area contributed by atoms with Gasteiger partial charge in [-0.1, -0.05) is 20.3 Å². The van der Waals surface area contributed by atoms with Crippen molar-refractivity contribution in [2.24, 2.45) is 0 Å². The summed E-state index contributed by atoms with van der Waals surface area (Å²) in [6.45, 7) is 6.26. The maximum Gasteiger partial charge on any atom is 0.245 e. The number of rotatable bonds is 9. The summed E-state index contributed by atoms with van der Waals surface area (Å²) in [5, 5.41) is 6.16. The number of hydrogen-bond donors (Lipinski definition) is 2. The summed E-state index contributed by atoms with van der Waals surface area (Å²) in [5.41, 5.74) is 0. The van der Waals surface area contributed by atoms with Gasteiger partial charge in [0, 0.05) is 19.7 Å². The molecule has 0 aliphatic carbocycles. The van der Waals surface area contributed by atoms with Gasteiger partial charge in [0.15, 0.2) is 0 Å². The van der Waals surface area contributed by atoms with Crippen LogP contribution in [-0.2, 0) is 9.53 Å². The van der Waals surface area contributed by atoms with Crippen molar-refractivity contribution in [2.45, 2.75) is 39.2 Å². The van der Waals surface area contributed by atoms with E-state index in [1.165, 1.54) is 13.5 Å². The molecule has 0 heterocycles. The summed E-state index contributed by atoms with van der Waals surface area (Å²) in [6, 6.07) is 0.561. The summed E-state index contributed by atoms with van der Waals surface area (Å²) >= 11 is 0. The first kappa shape index (κ1) is 14.4. The Balaban J connectivity index is 3.08. The lowest BCUT2D eigenvalue weighted by atomic mass is 10.2. The maximum atomic E-state index is 11.0. The highest BCUT2D eigenvalue weighted by Gasteiger charge is 1.98. The van der Waals surface area contributed by atoms with E-state index in [2.05, 4.69) is 24.5 Å². The van der Waals surface area contributed by atoms with Crippen LogP contribution in [0.15, 0.2) is 0 Å². The predicted molar refractivity (Wildman–Crippen MR) is 61.9 cm³/mol. The zero-order valence-corrected chi connectivity index (χ0v) is 10.1. The third-order valence-electron chi connectivity index (χ3n) is 2.00. The Morgan fingerprint density at radius 1 is 1.20 bits per heavy atom. The number of unbranched alkanes of at least 4 members (excludes halogenated alkanes) is 2. The Morgan fingerprint density at radius 2 is 1.87 bits per heavy atom. The van der Waals surface area contributed by atoms with Crippen LogP contribution < -0.4 is 10.6 Å². The lowest BCUT2D eigenvalue weighted by Gasteiger charge is -2.07. The Hall–Kier alpha value is -0.610. The van der Waals surface area contributed by atoms with Crippen LogP contribution in [0.4, 0.5) is 0 Å². The Morgan fingerprint density at radius 3 is 2.47 bits per heavy atom. The highest BCUT2D eigenvalue weighted by Crippen LogP contribution is 1.93. The van der Waals surface area contributed by atoms with Crippen molar-refractivity contribution in [3.8, 4) is 0 Å². The van der Waals surface area contributed by atoms with Crippen molar-refractivity contribution in [3.63, 3.8) is 0 Å². The fourth-order valence-electron chi connectivity index (χ4n) is 1.23. The summed E-state index contributed by atoms with van der Waals surface area (Å²) in [4.78, 5) is 11.0. The average Bonchev–Trinajstić information content (AvgIpc) is 2.16. The van der Waals surface area contributed by atoms with E-state index in [-0.39, 0.29) is 12.5 Å². The molecular weight excluding hydrogens is 192 g/mol. The minimum absolute atomic E-state index is 0.0298. The molecule has 0 unspecified atom stereocenters. The molecule has 4 heteroatoms. The van der Waals surface area contributed by atoms with E-state index in [1.54, 1.807) is 0 Å². The number of hydrogen-bond acceptors (Lipinski definition) is 3. The first-order valence-corrected chi connectivity index (χ1v) is 5.66. The van der Waals surface area contributed by atoms with Gasteiger partial charge in [-0.05, 0) is 19.4 Å². The van der Waals surface area contributed by atoms with Crippen LogP contribution in [0.1, 0.15) is 33.1 Å². The molecule has 0 atom stereocenters. The quantitative estimate of drug-likeness (QED) is 0.563. The zero-order chi connectivity index (χ0) is 11.5. The smallest absolute Gasteiger partial charge is 0.245 e. The summed E-state index contributed by atoms with van der Waals surface area (Å²) in [5.74, 6) is -0.0298. The number of carbonyl (C=O) groups is 1. The first-order valence-electron chi connectivity index (χ1n) is 5.66. The van der Waals surface area contributed by atoms with Crippen LogP contribution in [0.2, 0.25) is 0 Å². The van der Waals surface area contributed by atoms with Gasteiger partial charge in [0.25, 0.3) is 0 Å². The van der Waals surface area contributed by atoms with E-state index < -0.39 is 0 Å². The Labute approximate surface area is 92.8 Å². The zero-order valence-electron chi connectivity index (χ0n) is 10.1. The molecule has 1 amide bonds. The summed E-state index contributed by atoms with van der Waals surface area (Å²) in [6.07, 6.45) is 3.35. The molecule has 90 valence electrons. The molecule has 0 saturated carbocycles. The second kappa shape index (κ2) is 9.93. The maximum absolute atomic E-state index is 11.0. The fourth-order valence-corrected chi connectivity index (χ4v) is 1.23. The SMILES string of the molecule is COCC(=O)NCCCCCNC(C)C. The van der Waals surface area contributed by atoms with Gasteiger partial charge in [0.1, 0.15) is 6.61 Å². The topological polar surface area (TPSA) is 50.4 Å². The van der Waals surface area contributed by atoms with Gasteiger partial charge in [-0.2, -0.15) is 0 Å². The van der Waals surface area contributed by atoms with Crippen LogP contribution in [-0.4, -0.2) is 38.8 Å². The molecule has 4 nitrogen and oxygen atoms in total. The van der Waals surface area contributed by atoms with Gasteiger partial charge < -0.3 is 15.4 Å². The largest absolute Gasteiger partial charge is 0.375 e. The van der Waals surface area contributed by atoms with Crippen molar-refractivity contribution in [3.05, 3.63) is 0 Å². The molecule has 0 rings (SSSR count). The molecule has 2 N–H and O–H groups in total. The Kier molecular flexibility index (Phi) is 9.52. The monoisotopic (exact) mass is 216 g/mol. The molecule has 0 aliphatic heterocycles. The van der Waals surface area contributed by atoms with E-state index in [4.69, 9.17) is 4.74 Å². The summed E-state index contributed by atoms with van der Waals surface area (Å²) < 4.78 is 4.70. The lowest BCUT2D eigenvalue weighted by molar-refractivity contribution is -0.124. The van der Waals surface area contributed by atoms with Crippen molar-refractivity contribution in [1.82, 2.24) is 10.6 Å². The number of amides is 1. The van der Waals surface area contributed by atoms with Gasteiger partial charge in [-0.25, -0.2) is 0 Å². The molecular formula is C11H24N2O2. The minimum Gasteiger partial charge on any atom is -0.375 e. The van der Waals surface area contributed by atoms with Crippen molar-refractivity contribution in [1.29, 1.82) is 0 Å². The van der Waals surface area contributed by atoms with E-state index in [0.29, 0.717) is 6.04 Å². The van der Waals surface area contributed by atoms with Gasteiger partial charge in [-0.15, -0.1) is 0 Å². The van der Waals surface area contributed by atoms with Gasteiger partial charge in [-0.3, -0.25) is 4.79 Å². The van der Waals surface area contributed by atoms with Gasteiger partial charge in [0.05, 0.1) is 0 Å². The van der Waals surface area contributed by atoms with E-state index in [0.717, 1.165) is 25.9 Å². The highest BCUT2D eigenvalue weighted by atomic mass is 16.5. The molecule has 0 fully saturated rings. The van der Waals surface area contributed by atoms with E-state index in [9.17, 15) is 4.79 Å². The summed E-state index contributed by atoms with van der Waals surface area (Å²) in [7, 11) is 1.52.